The highest BCUT2D eigenvalue weighted by Gasteiger charge is 2.15. The molecule has 0 unspecified atom stereocenters. The fourth-order valence-electron chi connectivity index (χ4n) is 2.35. The number of hydrogen-bond donors (Lipinski definition) is 0. The van der Waals surface area contributed by atoms with Crippen molar-refractivity contribution in [1.82, 2.24) is 0 Å². The van der Waals surface area contributed by atoms with Gasteiger partial charge in [0.25, 0.3) is 0 Å². The van der Waals surface area contributed by atoms with E-state index >= 15 is 0 Å². The molecule has 0 nitrogen and oxygen atoms in total. The van der Waals surface area contributed by atoms with E-state index in [1.165, 1.54) is 0 Å². The molecule has 0 fully saturated rings. The maximum atomic E-state index is 14.4. The van der Waals surface area contributed by atoms with E-state index in [4.69, 9.17) is 0 Å². The van der Waals surface area contributed by atoms with Crippen molar-refractivity contribution in [2.75, 3.05) is 0 Å². The zero-order valence-electron chi connectivity index (χ0n) is 11.6. The van der Waals surface area contributed by atoms with Crippen molar-refractivity contribution in [2.45, 2.75) is 6.92 Å². The lowest BCUT2D eigenvalue weighted by molar-refractivity contribution is 0.514. The molecule has 0 saturated carbocycles. The van der Waals surface area contributed by atoms with Crippen LogP contribution in [0, 0.1) is 18.6 Å². The first-order chi connectivity index (χ1) is 10.2. The first-order valence-corrected chi connectivity index (χ1v) is 6.77. The third-order valence-electron chi connectivity index (χ3n) is 3.53. The Morgan fingerprint density at radius 3 is 1.57 bits per heavy atom. The lowest BCUT2D eigenvalue weighted by Gasteiger charge is -2.09. The number of halogens is 2. The largest absolute Gasteiger partial charge is 0.203 e. The number of benzene rings is 3. The average molecular weight is 280 g/mol. The van der Waals surface area contributed by atoms with Gasteiger partial charge < -0.3 is 0 Å². The van der Waals surface area contributed by atoms with Crippen LogP contribution in [0.1, 0.15) is 5.56 Å². The van der Waals surface area contributed by atoms with E-state index in [1.54, 1.807) is 48.5 Å². The van der Waals surface area contributed by atoms with Crippen molar-refractivity contribution in [3.63, 3.8) is 0 Å². The van der Waals surface area contributed by atoms with Crippen LogP contribution in [-0.2, 0) is 0 Å². The van der Waals surface area contributed by atoms with E-state index in [0.29, 0.717) is 11.1 Å². The highest BCUT2D eigenvalue weighted by atomic mass is 19.2. The van der Waals surface area contributed by atoms with Crippen molar-refractivity contribution in [2.24, 2.45) is 0 Å². The Hall–Kier alpha value is -2.48. The Kier molecular flexibility index (Phi) is 3.53. The van der Waals surface area contributed by atoms with Gasteiger partial charge in [-0.05, 0) is 18.1 Å². The maximum Gasteiger partial charge on any atom is 0.167 e. The minimum absolute atomic E-state index is 0.281. The quantitative estimate of drug-likeness (QED) is 0.572. The topological polar surface area (TPSA) is 0 Å². The predicted molar refractivity (Wildman–Crippen MR) is 82.0 cm³/mol. The molecule has 3 aromatic carbocycles. The molecule has 3 aromatic rings. The summed E-state index contributed by atoms with van der Waals surface area (Å²) in [6.45, 7) is 1.96. The van der Waals surface area contributed by atoms with E-state index in [0.717, 1.165) is 5.56 Å². The Labute approximate surface area is 122 Å². The van der Waals surface area contributed by atoms with Gasteiger partial charge >= 0.3 is 0 Å². The van der Waals surface area contributed by atoms with Crippen LogP contribution >= 0.6 is 0 Å². The molecule has 0 spiro atoms. The Morgan fingerprint density at radius 1 is 0.571 bits per heavy atom. The fraction of sp³-hybridized carbons (Fsp3) is 0.0526. The molecule has 104 valence electrons. The average Bonchev–Trinajstić information content (AvgIpc) is 2.52. The first kappa shape index (κ1) is 13.5. The van der Waals surface area contributed by atoms with Crippen LogP contribution in [0.2, 0.25) is 0 Å². The van der Waals surface area contributed by atoms with Gasteiger partial charge in [-0.25, -0.2) is 8.78 Å². The van der Waals surface area contributed by atoms with Crippen molar-refractivity contribution < 1.29 is 8.78 Å². The molecule has 0 heterocycles. The van der Waals surface area contributed by atoms with Crippen LogP contribution in [0.15, 0.2) is 66.7 Å². The van der Waals surface area contributed by atoms with E-state index in [-0.39, 0.29) is 11.1 Å². The van der Waals surface area contributed by atoms with Crippen LogP contribution in [0.25, 0.3) is 22.3 Å². The van der Waals surface area contributed by atoms with E-state index in [2.05, 4.69) is 0 Å². The molecule has 0 aliphatic rings. The van der Waals surface area contributed by atoms with Crippen LogP contribution in [0.3, 0.4) is 0 Å². The SMILES string of the molecule is Cc1ccc(-c2ccc(-c3ccccc3)c(F)c2F)cc1. The zero-order valence-corrected chi connectivity index (χ0v) is 11.6. The van der Waals surface area contributed by atoms with Gasteiger partial charge in [-0.1, -0.05) is 72.3 Å². The molecule has 0 N–H and O–H groups in total. The summed E-state index contributed by atoms with van der Waals surface area (Å²) in [4.78, 5) is 0. The van der Waals surface area contributed by atoms with Gasteiger partial charge in [0.2, 0.25) is 0 Å². The van der Waals surface area contributed by atoms with E-state index in [1.807, 2.05) is 25.1 Å². The summed E-state index contributed by atoms with van der Waals surface area (Å²) in [7, 11) is 0. The van der Waals surface area contributed by atoms with Crippen molar-refractivity contribution in [3.05, 3.63) is 83.9 Å². The minimum atomic E-state index is -0.806. The Morgan fingerprint density at radius 2 is 1.05 bits per heavy atom. The van der Waals surface area contributed by atoms with Crippen LogP contribution in [-0.4, -0.2) is 0 Å². The van der Waals surface area contributed by atoms with Gasteiger partial charge in [0.15, 0.2) is 11.6 Å². The Bertz CT molecular complexity index is 760. The highest BCUT2D eigenvalue weighted by molar-refractivity contribution is 5.71. The number of rotatable bonds is 2. The molecule has 0 aromatic heterocycles. The van der Waals surface area contributed by atoms with Crippen molar-refractivity contribution in [1.29, 1.82) is 0 Å². The minimum Gasteiger partial charge on any atom is -0.203 e. The van der Waals surface area contributed by atoms with Crippen LogP contribution in [0.4, 0.5) is 8.78 Å². The molecule has 21 heavy (non-hydrogen) atoms. The molecule has 2 heteroatoms. The van der Waals surface area contributed by atoms with Crippen molar-refractivity contribution >= 4 is 0 Å². The number of aryl methyl sites for hydroxylation is 1. The lowest BCUT2D eigenvalue weighted by Crippen LogP contribution is -1.94. The second-order valence-corrected chi connectivity index (χ2v) is 5.02. The van der Waals surface area contributed by atoms with Gasteiger partial charge in [0.05, 0.1) is 0 Å². The summed E-state index contributed by atoms with van der Waals surface area (Å²) < 4.78 is 28.7. The standard InChI is InChI=1S/C19H14F2/c1-13-7-9-15(10-8-13)17-12-11-16(18(20)19(17)21)14-5-3-2-4-6-14/h2-12H,1H3. The first-order valence-electron chi connectivity index (χ1n) is 6.77. The van der Waals surface area contributed by atoms with Crippen LogP contribution in [0.5, 0.6) is 0 Å². The monoisotopic (exact) mass is 280 g/mol. The van der Waals surface area contributed by atoms with Crippen LogP contribution < -0.4 is 0 Å². The second-order valence-electron chi connectivity index (χ2n) is 5.02. The summed E-state index contributed by atoms with van der Waals surface area (Å²) in [5, 5.41) is 0. The molecule has 0 bridgehead atoms. The van der Waals surface area contributed by atoms with Gasteiger partial charge in [-0.2, -0.15) is 0 Å². The van der Waals surface area contributed by atoms with Gasteiger partial charge in [-0.15, -0.1) is 0 Å². The fourth-order valence-corrected chi connectivity index (χ4v) is 2.35. The van der Waals surface area contributed by atoms with E-state index in [9.17, 15) is 8.78 Å². The Balaban J connectivity index is 2.11. The third kappa shape index (κ3) is 2.57. The summed E-state index contributed by atoms with van der Waals surface area (Å²) in [6.07, 6.45) is 0. The molecule has 0 aliphatic heterocycles. The second kappa shape index (κ2) is 5.49. The zero-order chi connectivity index (χ0) is 14.8. The molecule has 0 amide bonds. The highest BCUT2D eigenvalue weighted by Crippen LogP contribution is 2.31. The molecule has 0 radical (unpaired) electrons. The molecular weight excluding hydrogens is 266 g/mol. The summed E-state index contributed by atoms with van der Waals surface area (Å²) in [6, 6.07) is 19.6. The maximum absolute atomic E-state index is 14.4. The van der Waals surface area contributed by atoms with Crippen molar-refractivity contribution in [3.8, 4) is 22.3 Å². The molecule has 0 atom stereocenters. The summed E-state index contributed by atoms with van der Waals surface area (Å²) in [5.41, 5.74) is 3.00. The molecule has 3 rings (SSSR count). The molecular formula is C19H14F2. The number of hydrogen-bond acceptors (Lipinski definition) is 0. The lowest BCUT2D eigenvalue weighted by atomic mass is 9.98. The molecule has 0 aliphatic carbocycles. The van der Waals surface area contributed by atoms with Gasteiger partial charge in [0, 0.05) is 11.1 Å². The van der Waals surface area contributed by atoms with E-state index < -0.39 is 11.6 Å². The predicted octanol–water partition coefficient (Wildman–Crippen LogP) is 5.61. The normalized spacial score (nSPS) is 10.6. The summed E-state index contributed by atoms with van der Waals surface area (Å²) >= 11 is 0. The van der Waals surface area contributed by atoms with Gasteiger partial charge in [-0.3, -0.25) is 0 Å². The third-order valence-corrected chi connectivity index (χ3v) is 3.53. The van der Waals surface area contributed by atoms with Gasteiger partial charge in [0.1, 0.15) is 0 Å². The molecule has 0 saturated heterocycles. The summed E-state index contributed by atoms with van der Waals surface area (Å²) in [5.74, 6) is -1.61. The smallest absolute Gasteiger partial charge is 0.167 e.